The first-order valence-electron chi connectivity index (χ1n) is 13.4. The van der Waals surface area contributed by atoms with Gasteiger partial charge in [-0.25, -0.2) is 4.98 Å². The van der Waals surface area contributed by atoms with Crippen LogP contribution in [0.4, 0.5) is 0 Å². The number of nitriles is 1. The molecule has 0 saturated carbocycles. The third-order valence-electron chi connectivity index (χ3n) is 6.29. The highest BCUT2D eigenvalue weighted by atomic mass is 79.9. The molecule has 2 aromatic heterocycles. The van der Waals surface area contributed by atoms with Gasteiger partial charge in [-0.15, -0.1) is 24.2 Å². The number of rotatable bonds is 6. The van der Waals surface area contributed by atoms with E-state index in [4.69, 9.17) is 11.1 Å². The van der Waals surface area contributed by atoms with Crippen LogP contribution < -0.4 is 4.73 Å². The maximum atomic E-state index is 11.4. The third kappa shape index (κ3) is 11.0. The van der Waals surface area contributed by atoms with Crippen molar-refractivity contribution < 1.29 is 4.73 Å². The Labute approximate surface area is 286 Å². The van der Waals surface area contributed by atoms with Crippen LogP contribution in [0.5, 0.6) is 0 Å². The molecule has 10 nitrogen and oxygen atoms in total. The highest BCUT2D eigenvalue weighted by molar-refractivity contribution is 9.10. The molecule has 0 radical (unpaired) electrons. The topological polar surface area (TPSA) is 161 Å². The number of hydrogen-bond acceptors (Lipinski definition) is 5. The molecular weight excluding hydrogens is 710 g/mol. The second-order valence-corrected chi connectivity index (χ2v) is 11.1. The number of terminal acetylenes is 1. The molecule has 0 aliphatic carbocycles. The second kappa shape index (κ2) is 19.9. The van der Waals surface area contributed by atoms with Crippen molar-refractivity contribution in [3.05, 3.63) is 154 Å². The third-order valence-corrected chi connectivity index (χ3v) is 7.27. The zero-order valence-corrected chi connectivity index (χ0v) is 29.1. The summed E-state index contributed by atoms with van der Waals surface area (Å²) in [5.74, 6) is 7.61. The van der Waals surface area contributed by atoms with E-state index < -0.39 is 11.1 Å². The molecule has 0 saturated heterocycles. The Hall–Kier alpha value is -5.27. The molecule has 12 heteroatoms. The molecular formula is C34H31Br2N9O. The van der Waals surface area contributed by atoms with Gasteiger partial charge in [0, 0.05) is 42.2 Å². The number of pyridine rings is 2. The minimum absolute atomic E-state index is 0.252. The lowest BCUT2D eigenvalue weighted by Gasteiger charge is -2.25. The first kappa shape index (κ1) is 38.8. The van der Waals surface area contributed by atoms with Crippen LogP contribution in [0.3, 0.4) is 0 Å². The summed E-state index contributed by atoms with van der Waals surface area (Å²) in [5, 5.41) is 28.4. The monoisotopic (exact) mass is 739 g/mol. The average molecular weight is 741 g/mol. The molecule has 2 atom stereocenters. The van der Waals surface area contributed by atoms with Crippen LogP contribution in [0.25, 0.3) is 20.9 Å². The Morgan fingerprint density at radius 3 is 1.80 bits per heavy atom. The molecule has 0 N–H and O–H groups in total. The first-order valence-corrected chi connectivity index (χ1v) is 15.0. The van der Waals surface area contributed by atoms with Gasteiger partial charge < -0.3 is 5.21 Å². The van der Waals surface area contributed by atoms with Crippen LogP contribution in [0.15, 0.2) is 111 Å². The van der Waals surface area contributed by atoms with Crippen molar-refractivity contribution in [1.29, 1.82) is 5.26 Å². The van der Waals surface area contributed by atoms with Crippen molar-refractivity contribution in [1.82, 2.24) is 4.98 Å². The highest BCUT2D eigenvalue weighted by Gasteiger charge is 2.31. The van der Waals surface area contributed by atoms with Crippen molar-refractivity contribution in [2.75, 3.05) is 0 Å². The number of nitrogens with zero attached hydrogens (tertiary/aromatic N) is 9. The zero-order valence-electron chi connectivity index (χ0n) is 25.9. The highest BCUT2D eigenvalue weighted by Crippen LogP contribution is 2.36. The Morgan fingerprint density at radius 2 is 1.35 bits per heavy atom. The molecule has 46 heavy (non-hydrogen) atoms. The van der Waals surface area contributed by atoms with E-state index in [2.05, 4.69) is 81.1 Å². The van der Waals surface area contributed by atoms with Crippen molar-refractivity contribution in [2.45, 2.75) is 45.7 Å². The lowest BCUT2D eigenvalue weighted by molar-refractivity contribution is -0.606. The van der Waals surface area contributed by atoms with Crippen LogP contribution in [0.2, 0.25) is 0 Å². The van der Waals surface area contributed by atoms with Gasteiger partial charge in [-0.1, -0.05) is 72.4 Å². The van der Waals surface area contributed by atoms with Crippen molar-refractivity contribution in [3.8, 4) is 30.3 Å². The molecule has 0 spiro atoms. The summed E-state index contributed by atoms with van der Waals surface area (Å²) in [4.78, 5) is 9.89. The Balaban J connectivity index is 0.000000383. The van der Waals surface area contributed by atoms with Crippen LogP contribution in [0, 0.1) is 40.7 Å². The minimum atomic E-state index is -0.988. The summed E-state index contributed by atoms with van der Waals surface area (Å²) in [6.07, 6.45) is 8.94. The molecule has 0 aliphatic rings. The van der Waals surface area contributed by atoms with Crippen LogP contribution in [0.1, 0.15) is 62.6 Å². The molecule has 2 aromatic carbocycles. The average Bonchev–Trinajstić information content (AvgIpc) is 3.05. The maximum Gasteiger partial charge on any atom is 0.184 e. The van der Waals surface area contributed by atoms with E-state index in [-0.39, 0.29) is 5.69 Å². The number of hydrogen-bond donors (Lipinski definition) is 0. The molecule has 4 aromatic rings. The first-order chi connectivity index (χ1) is 22.0. The predicted octanol–water partition coefficient (Wildman–Crippen LogP) is 9.61. The van der Waals surface area contributed by atoms with E-state index in [1.807, 2.05) is 68.4 Å². The quantitative estimate of drug-likeness (QED) is 0.0481. The van der Waals surface area contributed by atoms with Crippen LogP contribution in [-0.4, -0.2) is 4.98 Å². The zero-order chi connectivity index (χ0) is 34.6. The molecule has 2 unspecified atom stereocenters. The fourth-order valence-electron chi connectivity index (χ4n) is 3.94. The van der Waals surface area contributed by atoms with E-state index in [1.165, 1.54) is 12.4 Å². The summed E-state index contributed by atoms with van der Waals surface area (Å²) >= 11 is 6.79. The standard InChI is InChI=1S/C14H10BrN5.C13H11BrN4O.C4H6.C3H4/c1-14(19-20-17,10-4-2-5-11(15)8-10)12-6-3-7-18-13(12)9-16;1-13(16-17-15,10-4-2-6-12(14)8-10)11-5-3-7-18(19)9-11;1-3-4-2;1-3-2/h2-8H,1H3;2-9H,1H3;1-2H3;1H,2H3. The van der Waals surface area contributed by atoms with Gasteiger partial charge >= 0.3 is 0 Å². The minimum Gasteiger partial charge on any atom is -0.619 e. The van der Waals surface area contributed by atoms with E-state index >= 15 is 0 Å². The van der Waals surface area contributed by atoms with Gasteiger partial charge in [0.15, 0.2) is 12.4 Å². The molecule has 0 bridgehead atoms. The Kier molecular flexibility index (Phi) is 16.8. The summed E-state index contributed by atoms with van der Waals surface area (Å²) in [7, 11) is 0. The molecule has 232 valence electrons. The number of benzene rings is 2. The number of azide groups is 2. The van der Waals surface area contributed by atoms with Gasteiger partial charge in [0.05, 0.1) is 5.54 Å². The van der Waals surface area contributed by atoms with Gasteiger partial charge in [0.25, 0.3) is 0 Å². The van der Waals surface area contributed by atoms with Gasteiger partial charge in [-0.3, -0.25) is 0 Å². The molecule has 4 rings (SSSR count). The Morgan fingerprint density at radius 1 is 0.848 bits per heavy atom. The van der Waals surface area contributed by atoms with E-state index in [9.17, 15) is 10.5 Å². The molecule has 0 aliphatic heterocycles. The van der Waals surface area contributed by atoms with Crippen LogP contribution in [-0.2, 0) is 11.1 Å². The summed E-state index contributed by atoms with van der Waals surface area (Å²) < 4.78 is 2.45. The van der Waals surface area contributed by atoms with Gasteiger partial charge in [-0.2, -0.15) is 9.99 Å². The molecule has 2 heterocycles. The number of halogens is 2. The van der Waals surface area contributed by atoms with E-state index in [0.717, 1.165) is 20.1 Å². The normalized spacial score (nSPS) is 11.6. The lowest BCUT2D eigenvalue weighted by atomic mass is 9.84. The predicted molar refractivity (Wildman–Crippen MR) is 187 cm³/mol. The molecule has 0 amide bonds. The second-order valence-electron chi connectivity index (χ2n) is 9.30. The Bertz CT molecular complexity index is 1810. The van der Waals surface area contributed by atoms with Gasteiger partial charge in [0.2, 0.25) is 0 Å². The summed E-state index contributed by atoms with van der Waals surface area (Å²) in [6, 6.07) is 23.8. The fraction of sp³-hybridized carbons (Fsp3) is 0.206. The summed E-state index contributed by atoms with van der Waals surface area (Å²) in [6.45, 7) is 8.84. The van der Waals surface area contributed by atoms with Crippen molar-refractivity contribution >= 4 is 31.9 Å². The smallest absolute Gasteiger partial charge is 0.184 e. The largest absolute Gasteiger partial charge is 0.619 e. The van der Waals surface area contributed by atoms with E-state index in [1.54, 1.807) is 51.2 Å². The lowest BCUT2D eigenvalue weighted by Crippen LogP contribution is -2.29. The molecule has 0 fully saturated rings. The number of aromatic nitrogens is 2. The van der Waals surface area contributed by atoms with Crippen molar-refractivity contribution in [3.63, 3.8) is 0 Å². The summed E-state index contributed by atoms with van der Waals surface area (Å²) in [5.41, 5.74) is 18.9. The van der Waals surface area contributed by atoms with E-state index in [0.29, 0.717) is 15.9 Å². The maximum absolute atomic E-state index is 11.4. The van der Waals surface area contributed by atoms with Crippen molar-refractivity contribution in [2.24, 2.45) is 10.2 Å². The van der Waals surface area contributed by atoms with Gasteiger partial charge in [-0.05, 0) is 93.2 Å². The van der Waals surface area contributed by atoms with Gasteiger partial charge in [0.1, 0.15) is 17.3 Å². The fourth-order valence-corrected chi connectivity index (χ4v) is 4.74. The van der Waals surface area contributed by atoms with Crippen LogP contribution >= 0.6 is 31.9 Å². The SMILES string of the molecule is C#CC.CC#CC.CC(N=[N+]=[N-])(c1cccc(Br)c1)c1ccc[n+]([O-])c1.CC(N=[N+]=[N-])(c1cccc(Br)c1)c1cccnc1C#N.